The van der Waals surface area contributed by atoms with Gasteiger partial charge < -0.3 is 23.5 Å². The number of rotatable bonds is 7. The minimum atomic E-state index is -0.0576. The number of methoxy groups -OCH3 is 1. The van der Waals surface area contributed by atoms with E-state index in [0.29, 0.717) is 50.3 Å². The standard InChI is InChI=1S/C21H28N4O4/c1-28-14-17-10-20(26)25(12-17)11-16-4-7-24(8-5-16)21(27)19-3-2-18(29-19)13-23-9-6-22-15-23/h2-3,6,9,15-17H,4-5,7-8,10-14H2,1H3. The first-order valence-electron chi connectivity index (χ1n) is 10.2. The number of ether oxygens (including phenoxy) is 1. The van der Waals surface area contributed by atoms with Crippen LogP contribution in [0.4, 0.5) is 0 Å². The van der Waals surface area contributed by atoms with E-state index in [1.807, 2.05) is 26.6 Å². The summed E-state index contributed by atoms with van der Waals surface area (Å²) in [6.45, 7) is 4.18. The molecule has 8 nitrogen and oxygen atoms in total. The highest BCUT2D eigenvalue weighted by Gasteiger charge is 2.33. The lowest BCUT2D eigenvalue weighted by Gasteiger charge is -2.33. The molecule has 2 saturated heterocycles. The summed E-state index contributed by atoms with van der Waals surface area (Å²) in [5.41, 5.74) is 0. The minimum absolute atomic E-state index is 0.0576. The number of amides is 2. The number of aromatic nitrogens is 2. The summed E-state index contributed by atoms with van der Waals surface area (Å²) in [5.74, 6) is 2.04. The van der Waals surface area contributed by atoms with Crippen LogP contribution in [0.5, 0.6) is 0 Å². The summed E-state index contributed by atoms with van der Waals surface area (Å²) in [6.07, 6.45) is 7.70. The highest BCUT2D eigenvalue weighted by atomic mass is 16.5. The van der Waals surface area contributed by atoms with Crippen molar-refractivity contribution in [2.24, 2.45) is 11.8 Å². The van der Waals surface area contributed by atoms with Crippen molar-refractivity contribution in [2.75, 3.05) is 39.9 Å². The molecule has 2 amide bonds. The first-order valence-corrected chi connectivity index (χ1v) is 10.2. The molecule has 156 valence electrons. The van der Waals surface area contributed by atoms with Gasteiger partial charge in [0.25, 0.3) is 5.91 Å². The Morgan fingerprint density at radius 2 is 2.10 bits per heavy atom. The van der Waals surface area contributed by atoms with E-state index >= 15 is 0 Å². The summed E-state index contributed by atoms with van der Waals surface area (Å²) < 4.78 is 12.8. The van der Waals surface area contributed by atoms with Crippen LogP contribution >= 0.6 is 0 Å². The summed E-state index contributed by atoms with van der Waals surface area (Å²) in [6, 6.07) is 3.59. The number of hydrogen-bond acceptors (Lipinski definition) is 5. The van der Waals surface area contributed by atoms with Gasteiger partial charge in [0.1, 0.15) is 5.76 Å². The first kappa shape index (κ1) is 19.7. The Bertz CT molecular complexity index is 824. The zero-order valence-corrected chi connectivity index (χ0v) is 16.8. The van der Waals surface area contributed by atoms with E-state index in [1.54, 1.807) is 25.7 Å². The second-order valence-electron chi connectivity index (χ2n) is 8.06. The van der Waals surface area contributed by atoms with Crippen molar-refractivity contribution >= 4 is 11.8 Å². The molecule has 8 heteroatoms. The van der Waals surface area contributed by atoms with Gasteiger partial charge >= 0.3 is 0 Å². The fraction of sp³-hybridized carbons (Fsp3) is 0.571. The van der Waals surface area contributed by atoms with Crippen molar-refractivity contribution in [3.63, 3.8) is 0 Å². The average molecular weight is 400 g/mol. The van der Waals surface area contributed by atoms with Crippen molar-refractivity contribution in [1.29, 1.82) is 0 Å². The molecule has 2 fully saturated rings. The largest absolute Gasteiger partial charge is 0.454 e. The Labute approximate surface area is 170 Å². The Hall–Kier alpha value is -2.61. The molecule has 4 heterocycles. The van der Waals surface area contributed by atoms with Gasteiger partial charge in [-0.05, 0) is 30.9 Å². The number of hydrogen-bond donors (Lipinski definition) is 0. The van der Waals surface area contributed by atoms with E-state index in [0.717, 1.165) is 31.7 Å². The fourth-order valence-electron chi connectivity index (χ4n) is 4.30. The first-order chi connectivity index (χ1) is 14.1. The average Bonchev–Trinajstić information content (AvgIpc) is 3.46. The van der Waals surface area contributed by atoms with E-state index in [-0.39, 0.29) is 11.8 Å². The normalized spacial score (nSPS) is 20.6. The Kier molecular flexibility index (Phi) is 5.99. The number of nitrogens with zero attached hydrogens (tertiary/aromatic N) is 4. The number of carbonyl (C=O) groups excluding carboxylic acids is 2. The molecule has 0 spiro atoms. The number of furan rings is 1. The molecule has 4 rings (SSSR count). The van der Waals surface area contributed by atoms with Crippen LogP contribution in [0.1, 0.15) is 35.6 Å². The van der Waals surface area contributed by atoms with Gasteiger partial charge in [-0.1, -0.05) is 0 Å². The second kappa shape index (κ2) is 8.82. The molecule has 2 aliphatic rings. The summed E-state index contributed by atoms with van der Waals surface area (Å²) in [7, 11) is 1.68. The topological polar surface area (TPSA) is 80.8 Å². The van der Waals surface area contributed by atoms with Crippen molar-refractivity contribution in [3.8, 4) is 0 Å². The van der Waals surface area contributed by atoms with Crippen LogP contribution < -0.4 is 0 Å². The van der Waals surface area contributed by atoms with Crippen LogP contribution in [-0.4, -0.2) is 71.1 Å². The van der Waals surface area contributed by atoms with Crippen LogP contribution in [0, 0.1) is 11.8 Å². The van der Waals surface area contributed by atoms with Crippen molar-refractivity contribution in [1.82, 2.24) is 19.4 Å². The number of imidazole rings is 1. The lowest BCUT2D eigenvalue weighted by molar-refractivity contribution is -0.128. The number of carbonyl (C=O) groups is 2. The molecule has 0 aliphatic carbocycles. The van der Waals surface area contributed by atoms with Crippen LogP contribution in [0.25, 0.3) is 0 Å². The van der Waals surface area contributed by atoms with Crippen LogP contribution in [0.15, 0.2) is 35.3 Å². The monoisotopic (exact) mass is 400 g/mol. The Morgan fingerprint density at radius 1 is 1.28 bits per heavy atom. The van der Waals surface area contributed by atoms with Crippen molar-refractivity contribution in [2.45, 2.75) is 25.8 Å². The van der Waals surface area contributed by atoms with Gasteiger partial charge in [0.2, 0.25) is 5.91 Å². The SMILES string of the molecule is COCC1CC(=O)N(CC2CCN(C(=O)c3ccc(Cn4ccnc4)o3)CC2)C1. The summed E-state index contributed by atoms with van der Waals surface area (Å²) in [5, 5.41) is 0. The molecule has 0 saturated carbocycles. The molecular weight excluding hydrogens is 372 g/mol. The zero-order chi connectivity index (χ0) is 20.2. The lowest BCUT2D eigenvalue weighted by atomic mass is 9.96. The van der Waals surface area contributed by atoms with E-state index in [1.165, 1.54) is 0 Å². The van der Waals surface area contributed by atoms with E-state index < -0.39 is 0 Å². The number of piperidine rings is 1. The third kappa shape index (κ3) is 4.70. The highest BCUT2D eigenvalue weighted by Crippen LogP contribution is 2.25. The van der Waals surface area contributed by atoms with Crippen molar-refractivity contribution in [3.05, 3.63) is 42.4 Å². The third-order valence-electron chi connectivity index (χ3n) is 5.85. The Balaban J connectivity index is 1.26. The van der Waals surface area contributed by atoms with E-state index in [9.17, 15) is 9.59 Å². The summed E-state index contributed by atoms with van der Waals surface area (Å²) in [4.78, 5) is 32.8. The lowest BCUT2D eigenvalue weighted by Crippen LogP contribution is -2.42. The third-order valence-corrected chi connectivity index (χ3v) is 5.85. The van der Waals surface area contributed by atoms with Crippen LogP contribution in [-0.2, 0) is 16.1 Å². The zero-order valence-electron chi connectivity index (χ0n) is 16.8. The highest BCUT2D eigenvalue weighted by molar-refractivity contribution is 5.91. The number of likely N-dealkylation sites (tertiary alicyclic amines) is 2. The molecule has 2 aromatic heterocycles. The molecule has 1 unspecified atom stereocenters. The maximum absolute atomic E-state index is 12.8. The Morgan fingerprint density at radius 3 is 2.83 bits per heavy atom. The molecule has 2 aromatic rings. The predicted molar refractivity (Wildman–Crippen MR) is 105 cm³/mol. The molecule has 29 heavy (non-hydrogen) atoms. The molecule has 0 N–H and O–H groups in total. The molecular formula is C21H28N4O4. The van der Waals surface area contributed by atoms with Gasteiger partial charge in [-0.3, -0.25) is 9.59 Å². The maximum atomic E-state index is 12.8. The fourth-order valence-corrected chi connectivity index (χ4v) is 4.30. The van der Waals surface area contributed by atoms with Gasteiger partial charge in [0.05, 0.1) is 19.5 Å². The van der Waals surface area contributed by atoms with E-state index in [4.69, 9.17) is 9.15 Å². The second-order valence-corrected chi connectivity index (χ2v) is 8.06. The maximum Gasteiger partial charge on any atom is 0.289 e. The molecule has 0 radical (unpaired) electrons. The molecule has 1 atom stereocenters. The van der Waals surface area contributed by atoms with Gasteiger partial charge in [-0.15, -0.1) is 0 Å². The van der Waals surface area contributed by atoms with Gasteiger partial charge in [0.15, 0.2) is 5.76 Å². The molecule has 2 aliphatic heterocycles. The minimum Gasteiger partial charge on any atom is -0.454 e. The summed E-state index contributed by atoms with van der Waals surface area (Å²) >= 11 is 0. The van der Waals surface area contributed by atoms with Crippen LogP contribution in [0.3, 0.4) is 0 Å². The smallest absolute Gasteiger partial charge is 0.289 e. The predicted octanol–water partition coefficient (Wildman–Crippen LogP) is 1.87. The molecule has 0 bridgehead atoms. The quantitative estimate of drug-likeness (QED) is 0.709. The molecule has 0 aromatic carbocycles. The van der Waals surface area contributed by atoms with Crippen molar-refractivity contribution < 1.29 is 18.7 Å². The van der Waals surface area contributed by atoms with Crippen LogP contribution in [0.2, 0.25) is 0 Å². The van der Waals surface area contributed by atoms with Gasteiger partial charge in [0, 0.05) is 58.0 Å². The van der Waals surface area contributed by atoms with E-state index in [2.05, 4.69) is 4.98 Å². The van der Waals surface area contributed by atoms with Gasteiger partial charge in [-0.2, -0.15) is 0 Å². The van der Waals surface area contributed by atoms with Gasteiger partial charge in [-0.25, -0.2) is 4.98 Å².